The van der Waals surface area contributed by atoms with Crippen molar-refractivity contribution in [3.63, 3.8) is 0 Å². The highest BCUT2D eigenvalue weighted by molar-refractivity contribution is 6.12. The third-order valence-electron chi connectivity index (χ3n) is 14.2. The Morgan fingerprint density at radius 2 is 0.808 bits per heavy atom. The third-order valence-corrected chi connectivity index (χ3v) is 14.2. The third kappa shape index (κ3) is 7.83. The average molecular weight is 993 g/mol. The number of hydrogen-bond donors (Lipinski definition) is 0. The SMILES string of the molecule is [C-]#[N+]c1cc([N+]#[C-])cc(-c2ccc3c(c2)c2ccccc2n3-c2cc(-c3nc(-c4ccccc4)nc(-c4ccccc4)n3)ccc2-c2cccc(-n3c4ccccc4c4cc(-c5cc(C#N)cc(C#N)c5)ccc43)c2C#N)c1. The predicted octanol–water partition coefficient (Wildman–Crippen LogP) is 16.8. The molecule has 0 aliphatic rings. The topological polar surface area (TPSA) is 129 Å². The number of nitriles is 3. The van der Waals surface area contributed by atoms with Crippen LogP contribution in [0.15, 0.2) is 218 Å². The molecule has 0 amide bonds. The first-order valence-corrected chi connectivity index (χ1v) is 24.9. The van der Waals surface area contributed by atoms with E-state index in [-0.39, 0.29) is 0 Å². The summed E-state index contributed by atoms with van der Waals surface area (Å²) in [7, 11) is 0. The Hall–Kier alpha value is -11.7. The van der Waals surface area contributed by atoms with Crippen molar-refractivity contribution in [1.82, 2.24) is 24.1 Å². The standard InChI is InChI=1S/C68H36N10/c1-72-51-33-50(34-52(38-51)73-2)47-26-29-64-58(36-47)55-19-10-12-22-61(55)78(64)65-37-48(68-75-66(44-14-5-3-6-15-44)74-67(76-68)45-16-7-4-8-17-45)24-27-56(65)53-20-13-23-62(59(53)41-71)77-60-21-11-9-18-54(60)57-35-46(25-28-63(57)77)49-31-42(39-69)30-43(32-49)40-70/h3-38H. The lowest BCUT2D eigenvalue weighted by Gasteiger charge is -2.19. The van der Waals surface area contributed by atoms with E-state index in [1.807, 2.05) is 140 Å². The van der Waals surface area contributed by atoms with Gasteiger partial charge in [0.25, 0.3) is 0 Å². The van der Waals surface area contributed by atoms with E-state index in [1.165, 1.54) is 0 Å². The molecule has 10 heteroatoms. The molecule has 0 radical (unpaired) electrons. The van der Waals surface area contributed by atoms with E-state index in [0.717, 1.165) is 93.8 Å². The second-order valence-electron chi connectivity index (χ2n) is 18.7. The van der Waals surface area contributed by atoms with Gasteiger partial charge in [-0.3, -0.25) is 0 Å². The van der Waals surface area contributed by atoms with Gasteiger partial charge in [0.15, 0.2) is 28.8 Å². The summed E-state index contributed by atoms with van der Waals surface area (Å²) in [6, 6.07) is 78.1. The summed E-state index contributed by atoms with van der Waals surface area (Å²) in [5.41, 5.74) is 14.2. The van der Waals surface area contributed by atoms with Crippen molar-refractivity contribution in [3.8, 4) is 97.1 Å². The molecule has 0 saturated heterocycles. The molecule has 0 fully saturated rings. The zero-order valence-corrected chi connectivity index (χ0v) is 41.3. The second-order valence-corrected chi connectivity index (χ2v) is 18.7. The highest BCUT2D eigenvalue weighted by Crippen LogP contribution is 2.44. The van der Waals surface area contributed by atoms with E-state index in [0.29, 0.717) is 56.8 Å². The molecule has 0 unspecified atom stereocenters. The van der Waals surface area contributed by atoms with Gasteiger partial charge in [0.2, 0.25) is 0 Å². The van der Waals surface area contributed by atoms with Gasteiger partial charge in [-0.1, -0.05) is 152 Å². The van der Waals surface area contributed by atoms with Gasteiger partial charge in [0, 0.05) is 49.4 Å². The second kappa shape index (κ2) is 18.9. The van der Waals surface area contributed by atoms with Crippen molar-refractivity contribution in [2.75, 3.05) is 0 Å². The van der Waals surface area contributed by atoms with Gasteiger partial charge in [-0.2, -0.15) is 15.8 Å². The number of benzene rings is 10. The molecule has 0 spiro atoms. The maximum absolute atomic E-state index is 11.6. The number of aromatic nitrogens is 5. The van der Waals surface area contributed by atoms with Crippen LogP contribution in [0, 0.1) is 47.1 Å². The fourth-order valence-corrected chi connectivity index (χ4v) is 10.7. The van der Waals surface area contributed by atoms with Crippen LogP contribution in [0.4, 0.5) is 11.4 Å². The summed E-state index contributed by atoms with van der Waals surface area (Å²) >= 11 is 0. The summed E-state index contributed by atoms with van der Waals surface area (Å²) in [5, 5.41) is 35.1. The van der Waals surface area contributed by atoms with Crippen LogP contribution in [0.2, 0.25) is 0 Å². The van der Waals surface area contributed by atoms with Crippen LogP contribution in [0.1, 0.15) is 16.7 Å². The van der Waals surface area contributed by atoms with Gasteiger partial charge in [-0.25, -0.2) is 24.6 Å². The molecule has 3 aromatic heterocycles. The minimum Gasteiger partial charge on any atom is -0.309 e. The summed E-state index contributed by atoms with van der Waals surface area (Å²) in [6.45, 7) is 15.6. The van der Waals surface area contributed by atoms with Gasteiger partial charge in [-0.05, 0) is 89.0 Å². The fraction of sp³-hybridized carbons (Fsp3) is 0. The highest BCUT2D eigenvalue weighted by atomic mass is 15.0. The van der Waals surface area contributed by atoms with Crippen LogP contribution in [0.25, 0.3) is 132 Å². The van der Waals surface area contributed by atoms with Gasteiger partial charge in [-0.15, -0.1) is 0 Å². The predicted molar refractivity (Wildman–Crippen MR) is 308 cm³/mol. The van der Waals surface area contributed by atoms with Gasteiger partial charge in [0.1, 0.15) is 6.07 Å². The molecule has 13 aromatic rings. The van der Waals surface area contributed by atoms with Crippen molar-refractivity contribution >= 4 is 55.0 Å². The number of rotatable bonds is 8. The molecule has 10 nitrogen and oxygen atoms in total. The van der Waals surface area contributed by atoms with Gasteiger partial charge < -0.3 is 9.13 Å². The number of fused-ring (bicyclic) bond motifs is 6. The lowest BCUT2D eigenvalue weighted by molar-refractivity contribution is 1.07. The first-order chi connectivity index (χ1) is 38.4. The van der Waals surface area contributed by atoms with Crippen LogP contribution in [-0.4, -0.2) is 24.1 Å². The number of hydrogen-bond acceptors (Lipinski definition) is 6. The fourth-order valence-electron chi connectivity index (χ4n) is 10.7. The minimum absolute atomic E-state index is 0.394. The first kappa shape index (κ1) is 46.1. The zero-order chi connectivity index (χ0) is 52.9. The Morgan fingerprint density at radius 3 is 1.33 bits per heavy atom. The molecule has 78 heavy (non-hydrogen) atoms. The number of para-hydroxylation sites is 2. The van der Waals surface area contributed by atoms with E-state index < -0.39 is 0 Å². The Morgan fingerprint density at radius 1 is 0.333 bits per heavy atom. The maximum atomic E-state index is 11.6. The molecule has 0 aliphatic heterocycles. The van der Waals surface area contributed by atoms with E-state index in [9.17, 15) is 15.8 Å². The van der Waals surface area contributed by atoms with Crippen LogP contribution < -0.4 is 0 Å². The average Bonchev–Trinajstić information content (AvgIpc) is 4.26. The first-order valence-electron chi connectivity index (χ1n) is 24.9. The van der Waals surface area contributed by atoms with Crippen molar-refractivity contribution in [2.24, 2.45) is 0 Å². The molecule has 0 aliphatic carbocycles. The quantitative estimate of drug-likeness (QED) is 0.139. The van der Waals surface area contributed by atoms with Gasteiger partial charge >= 0.3 is 0 Å². The summed E-state index contributed by atoms with van der Waals surface area (Å²) in [4.78, 5) is 22.6. The van der Waals surface area contributed by atoms with E-state index in [2.05, 4.69) is 91.6 Å². The van der Waals surface area contributed by atoms with Crippen LogP contribution >= 0.6 is 0 Å². The largest absolute Gasteiger partial charge is 0.309 e. The van der Waals surface area contributed by atoms with E-state index in [4.69, 9.17) is 28.1 Å². The molecule has 0 N–H and O–H groups in total. The Labute approximate surface area is 447 Å². The lowest BCUT2D eigenvalue weighted by atomic mass is 9.95. The van der Waals surface area contributed by atoms with E-state index >= 15 is 0 Å². The molecular formula is C68H36N10. The van der Waals surface area contributed by atoms with Gasteiger partial charge in [0.05, 0.1) is 75.4 Å². The van der Waals surface area contributed by atoms with Crippen LogP contribution in [0.3, 0.4) is 0 Å². The molecule has 10 aromatic carbocycles. The monoisotopic (exact) mass is 992 g/mol. The van der Waals surface area contributed by atoms with E-state index in [1.54, 1.807) is 24.3 Å². The zero-order valence-electron chi connectivity index (χ0n) is 41.3. The molecule has 3 heterocycles. The lowest BCUT2D eigenvalue weighted by Crippen LogP contribution is -2.04. The van der Waals surface area contributed by atoms with Crippen LogP contribution in [0.5, 0.6) is 0 Å². The minimum atomic E-state index is 0.394. The number of nitrogens with zero attached hydrogens (tertiary/aromatic N) is 10. The molecule has 358 valence electrons. The van der Waals surface area contributed by atoms with Crippen molar-refractivity contribution in [1.29, 1.82) is 15.8 Å². The van der Waals surface area contributed by atoms with Crippen molar-refractivity contribution < 1.29 is 0 Å². The molecule has 0 atom stereocenters. The molecule has 0 bridgehead atoms. The smallest absolute Gasteiger partial charge is 0.177 e. The Balaban J connectivity index is 1.06. The summed E-state index contributed by atoms with van der Waals surface area (Å²) in [5.74, 6) is 1.52. The van der Waals surface area contributed by atoms with Crippen LogP contribution in [-0.2, 0) is 0 Å². The Kier molecular flexibility index (Phi) is 11.2. The Bertz CT molecular complexity index is 4740. The highest BCUT2D eigenvalue weighted by Gasteiger charge is 2.24. The molecular weight excluding hydrogens is 957 g/mol. The van der Waals surface area contributed by atoms with Crippen molar-refractivity contribution in [2.45, 2.75) is 0 Å². The molecule has 0 saturated carbocycles. The van der Waals surface area contributed by atoms with Crippen molar-refractivity contribution in [3.05, 3.63) is 258 Å². The normalized spacial score (nSPS) is 11.0. The maximum Gasteiger partial charge on any atom is 0.177 e. The summed E-state index contributed by atoms with van der Waals surface area (Å²) < 4.78 is 4.38. The molecule has 13 rings (SSSR count). The summed E-state index contributed by atoms with van der Waals surface area (Å²) in [6.07, 6.45) is 0.